The van der Waals surface area contributed by atoms with Crippen molar-refractivity contribution in [3.63, 3.8) is 0 Å². The zero-order valence-corrected chi connectivity index (χ0v) is 13.7. The molecule has 3 atom stereocenters. The summed E-state index contributed by atoms with van der Waals surface area (Å²) in [5, 5.41) is 3.97. The van der Waals surface area contributed by atoms with Crippen LogP contribution in [0.25, 0.3) is 0 Å². The summed E-state index contributed by atoms with van der Waals surface area (Å²) in [5.74, 6) is 0. The summed E-state index contributed by atoms with van der Waals surface area (Å²) in [4.78, 5) is 4.89. The first-order chi connectivity index (χ1) is 9.54. The van der Waals surface area contributed by atoms with E-state index in [1.807, 2.05) is 7.05 Å². The van der Waals surface area contributed by atoms with Crippen LogP contribution in [-0.2, 0) is 6.54 Å². The lowest BCUT2D eigenvalue weighted by Gasteiger charge is -2.49. The molecule has 110 valence electrons. The van der Waals surface area contributed by atoms with Crippen molar-refractivity contribution >= 4 is 17.3 Å². The van der Waals surface area contributed by atoms with Crippen LogP contribution in [0.1, 0.15) is 26.3 Å². The minimum atomic E-state index is 0.426. The van der Waals surface area contributed by atoms with Crippen LogP contribution in [0.4, 0.5) is 0 Å². The minimum absolute atomic E-state index is 0.426. The summed E-state index contributed by atoms with van der Waals surface area (Å²) in [6.45, 7) is 8.84. The smallest absolute Gasteiger partial charge is 0.169 e. The average molecular weight is 291 g/mol. The van der Waals surface area contributed by atoms with Crippen molar-refractivity contribution in [2.45, 2.75) is 45.4 Å². The van der Waals surface area contributed by atoms with Crippen LogP contribution in [0.3, 0.4) is 0 Å². The molecule has 2 rings (SSSR count). The van der Waals surface area contributed by atoms with E-state index in [0.29, 0.717) is 18.1 Å². The standard InChI is InChI=1S/C16H25N3S/c1-12-10-19(16(20)17-4)14(3)13(2)18(12)11-15-8-6-5-7-9-15/h5-9,12-14H,10-11H2,1-4H3,(H,17,20). The highest BCUT2D eigenvalue weighted by atomic mass is 32.1. The Labute approximate surface area is 128 Å². The summed E-state index contributed by atoms with van der Waals surface area (Å²) in [6.07, 6.45) is 0. The van der Waals surface area contributed by atoms with Gasteiger partial charge in [-0.05, 0) is 38.6 Å². The zero-order valence-electron chi connectivity index (χ0n) is 12.8. The molecule has 0 spiro atoms. The summed E-state index contributed by atoms with van der Waals surface area (Å²) in [7, 11) is 1.90. The zero-order chi connectivity index (χ0) is 14.7. The van der Waals surface area contributed by atoms with E-state index in [1.165, 1.54) is 5.56 Å². The lowest BCUT2D eigenvalue weighted by atomic mass is 9.99. The van der Waals surface area contributed by atoms with Crippen LogP contribution < -0.4 is 5.32 Å². The van der Waals surface area contributed by atoms with Crippen molar-refractivity contribution in [2.75, 3.05) is 13.6 Å². The Morgan fingerprint density at radius 3 is 2.45 bits per heavy atom. The fourth-order valence-electron chi connectivity index (χ4n) is 3.00. The molecule has 3 nitrogen and oxygen atoms in total. The molecule has 0 aliphatic carbocycles. The normalized spacial score (nSPS) is 27.4. The molecule has 1 heterocycles. The van der Waals surface area contributed by atoms with Crippen LogP contribution in [0.2, 0.25) is 0 Å². The van der Waals surface area contributed by atoms with Crippen LogP contribution in [0.5, 0.6) is 0 Å². The van der Waals surface area contributed by atoms with Gasteiger partial charge in [0.15, 0.2) is 5.11 Å². The minimum Gasteiger partial charge on any atom is -0.366 e. The topological polar surface area (TPSA) is 18.5 Å². The summed E-state index contributed by atoms with van der Waals surface area (Å²) in [5.41, 5.74) is 1.38. The first-order valence-corrected chi connectivity index (χ1v) is 7.73. The molecule has 0 amide bonds. The van der Waals surface area contributed by atoms with Crippen LogP contribution in [0, 0.1) is 0 Å². The molecule has 0 bridgehead atoms. The Morgan fingerprint density at radius 2 is 1.85 bits per heavy atom. The van der Waals surface area contributed by atoms with Crippen LogP contribution >= 0.6 is 12.2 Å². The fraction of sp³-hybridized carbons (Fsp3) is 0.562. The van der Waals surface area contributed by atoms with Gasteiger partial charge in [-0.3, -0.25) is 4.90 Å². The van der Waals surface area contributed by atoms with Crippen LogP contribution in [-0.4, -0.2) is 46.6 Å². The van der Waals surface area contributed by atoms with Gasteiger partial charge >= 0.3 is 0 Å². The molecule has 1 aromatic rings. The quantitative estimate of drug-likeness (QED) is 0.844. The second kappa shape index (κ2) is 6.55. The molecule has 1 aliphatic rings. The molecule has 0 radical (unpaired) electrons. The van der Waals surface area contributed by atoms with Crippen molar-refractivity contribution in [3.05, 3.63) is 35.9 Å². The van der Waals surface area contributed by atoms with Gasteiger partial charge in [-0.2, -0.15) is 0 Å². The largest absolute Gasteiger partial charge is 0.366 e. The predicted molar refractivity (Wildman–Crippen MR) is 88.7 cm³/mol. The van der Waals surface area contributed by atoms with Gasteiger partial charge in [-0.15, -0.1) is 0 Å². The number of piperazine rings is 1. The van der Waals surface area contributed by atoms with E-state index in [1.54, 1.807) is 0 Å². The number of rotatable bonds is 2. The number of nitrogens with one attached hydrogen (secondary N) is 1. The molecule has 0 aromatic heterocycles. The van der Waals surface area contributed by atoms with Crippen molar-refractivity contribution in [1.29, 1.82) is 0 Å². The number of thiocarbonyl (C=S) groups is 1. The van der Waals surface area contributed by atoms with Gasteiger partial charge in [0.25, 0.3) is 0 Å². The van der Waals surface area contributed by atoms with E-state index in [9.17, 15) is 0 Å². The summed E-state index contributed by atoms with van der Waals surface area (Å²) < 4.78 is 0. The number of hydrogen-bond acceptors (Lipinski definition) is 2. The van der Waals surface area contributed by atoms with Gasteiger partial charge in [0.1, 0.15) is 0 Å². The lowest BCUT2D eigenvalue weighted by molar-refractivity contribution is 0.0274. The van der Waals surface area contributed by atoms with E-state index in [0.717, 1.165) is 18.2 Å². The van der Waals surface area contributed by atoms with Gasteiger partial charge in [0.2, 0.25) is 0 Å². The second-order valence-electron chi connectivity index (χ2n) is 5.70. The Bertz CT molecular complexity index is 448. The Hall–Kier alpha value is -1.13. The maximum Gasteiger partial charge on any atom is 0.169 e. The third kappa shape index (κ3) is 3.13. The Morgan fingerprint density at radius 1 is 1.20 bits per heavy atom. The van der Waals surface area contributed by atoms with Crippen LogP contribution in [0.15, 0.2) is 30.3 Å². The SMILES string of the molecule is CNC(=S)N1CC(C)N(Cc2ccccc2)C(C)C1C. The molecule has 0 saturated carbocycles. The third-order valence-corrected chi connectivity index (χ3v) is 4.86. The molecular weight excluding hydrogens is 266 g/mol. The highest BCUT2D eigenvalue weighted by molar-refractivity contribution is 7.80. The molecule has 1 aliphatic heterocycles. The van der Waals surface area contributed by atoms with Gasteiger partial charge in [0.05, 0.1) is 0 Å². The lowest BCUT2D eigenvalue weighted by Crippen LogP contribution is -2.63. The molecule has 4 heteroatoms. The fourth-order valence-corrected chi connectivity index (χ4v) is 3.24. The molecule has 20 heavy (non-hydrogen) atoms. The van der Waals surface area contributed by atoms with E-state index in [-0.39, 0.29) is 0 Å². The van der Waals surface area contributed by atoms with Crippen molar-refractivity contribution in [2.24, 2.45) is 0 Å². The van der Waals surface area contributed by atoms with Crippen molar-refractivity contribution in [1.82, 2.24) is 15.1 Å². The number of benzene rings is 1. The first-order valence-electron chi connectivity index (χ1n) is 7.32. The van der Waals surface area contributed by atoms with E-state index in [2.05, 4.69) is 66.2 Å². The first kappa shape index (κ1) is 15.3. The van der Waals surface area contributed by atoms with Gasteiger partial charge in [0, 0.05) is 38.3 Å². The second-order valence-corrected chi connectivity index (χ2v) is 6.08. The van der Waals surface area contributed by atoms with E-state index >= 15 is 0 Å². The van der Waals surface area contributed by atoms with Gasteiger partial charge in [-0.1, -0.05) is 30.3 Å². The summed E-state index contributed by atoms with van der Waals surface area (Å²) >= 11 is 5.42. The maximum atomic E-state index is 5.42. The monoisotopic (exact) mass is 291 g/mol. The van der Waals surface area contributed by atoms with Gasteiger partial charge in [-0.25, -0.2) is 0 Å². The highest BCUT2D eigenvalue weighted by Gasteiger charge is 2.35. The predicted octanol–water partition coefficient (Wildman–Crippen LogP) is 2.47. The molecule has 1 N–H and O–H groups in total. The van der Waals surface area contributed by atoms with E-state index in [4.69, 9.17) is 12.2 Å². The Balaban J connectivity index is 2.11. The molecule has 3 unspecified atom stereocenters. The van der Waals surface area contributed by atoms with Gasteiger partial charge < -0.3 is 10.2 Å². The van der Waals surface area contributed by atoms with Crippen molar-refractivity contribution < 1.29 is 0 Å². The molecule has 1 saturated heterocycles. The van der Waals surface area contributed by atoms with E-state index < -0.39 is 0 Å². The highest BCUT2D eigenvalue weighted by Crippen LogP contribution is 2.23. The molecule has 1 fully saturated rings. The Kier molecular flexibility index (Phi) is 5.00. The third-order valence-electron chi connectivity index (χ3n) is 4.42. The molecule has 1 aromatic carbocycles. The number of hydrogen-bond donors (Lipinski definition) is 1. The van der Waals surface area contributed by atoms with Crippen molar-refractivity contribution in [3.8, 4) is 0 Å². The summed E-state index contributed by atoms with van der Waals surface area (Å²) in [6, 6.07) is 12.1. The average Bonchev–Trinajstić information content (AvgIpc) is 2.47. The molecular formula is C16H25N3S. The maximum absolute atomic E-state index is 5.42. The number of nitrogens with zero attached hydrogens (tertiary/aromatic N) is 2.